The molecule has 2 nitrogen and oxygen atoms in total. The van der Waals surface area contributed by atoms with Crippen LogP contribution in [0.15, 0.2) is 42.5 Å². The quantitative estimate of drug-likeness (QED) is 0.881. The standard InChI is InChI=1S/C15H16Cl2N2/c1-19(2)14-5-3-4-13(9-14)18-10-11-6-7-12(16)8-15(11)17/h3-9,18H,10H2,1-2H3. The molecule has 0 saturated heterocycles. The summed E-state index contributed by atoms with van der Waals surface area (Å²) in [4.78, 5) is 2.07. The minimum atomic E-state index is 0.656. The van der Waals surface area contributed by atoms with Crippen molar-refractivity contribution in [2.75, 3.05) is 24.3 Å². The Labute approximate surface area is 123 Å². The van der Waals surface area contributed by atoms with Crippen molar-refractivity contribution in [2.45, 2.75) is 6.54 Å². The van der Waals surface area contributed by atoms with Crippen molar-refractivity contribution in [2.24, 2.45) is 0 Å². The van der Waals surface area contributed by atoms with Gasteiger partial charge in [-0.15, -0.1) is 0 Å². The lowest BCUT2D eigenvalue weighted by molar-refractivity contribution is 1.12. The molecule has 0 atom stereocenters. The average molecular weight is 295 g/mol. The fraction of sp³-hybridized carbons (Fsp3) is 0.200. The second kappa shape index (κ2) is 6.18. The van der Waals surface area contributed by atoms with Crippen molar-refractivity contribution >= 4 is 34.6 Å². The number of halogens is 2. The average Bonchev–Trinajstić information content (AvgIpc) is 2.38. The van der Waals surface area contributed by atoms with Crippen LogP contribution in [0.4, 0.5) is 11.4 Å². The highest BCUT2D eigenvalue weighted by atomic mass is 35.5. The van der Waals surface area contributed by atoms with Gasteiger partial charge in [0.2, 0.25) is 0 Å². The number of hydrogen-bond donors (Lipinski definition) is 1. The van der Waals surface area contributed by atoms with Gasteiger partial charge in [0.15, 0.2) is 0 Å². The first-order chi connectivity index (χ1) is 9.06. The van der Waals surface area contributed by atoms with Crippen LogP contribution in [-0.4, -0.2) is 14.1 Å². The van der Waals surface area contributed by atoms with Crippen LogP contribution in [0.1, 0.15) is 5.56 Å². The summed E-state index contributed by atoms with van der Waals surface area (Å²) in [6.07, 6.45) is 0. The summed E-state index contributed by atoms with van der Waals surface area (Å²) in [7, 11) is 4.05. The van der Waals surface area contributed by atoms with Crippen LogP contribution in [0, 0.1) is 0 Å². The van der Waals surface area contributed by atoms with E-state index in [-0.39, 0.29) is 0 Å². The normalized spacial score (nSPS) is 10.3. The largest absolute Gasteiger partial charge is 0.381 e. The molecule has 0 aliphatic rings. The molecule has 2 rings (SSSR count). The molecule has 0 bridgehead atoms. The molecule has 0 heterocycles. The van der Waals surface area contributed by atoms with Gasteiger partial charge in [0.25, 0.3) is 0 Å². The van der Waals surface area contributed by atoms with Crippen molar-refractivity contribution in [3.8, 4) is 0 Å². The van der Waals surface area contributed by atoms with Crippen molar-refractivity contribution in [3.05, 3.63) is 58.1 Å². The first-order valence-corrected chi connectivity index (χ1v) is 6.77. The fourth-order valence-corrected chi connectivity index (χ4v) is 2.23. The number of nitrogens with zero attached hydrogens (tertiary/aromatic N) is 1. The summed E-state index contributed by atoms with van der Waals surface area (Å²) in [5, 5.41) is 4.70. The van der Waals surface area contributed by atoms with Gasteiger partial charge in [-0.2, -0.15) is 0 Å². The van der Waals surface area contributed by atoms with Crippen molar-refractivity contribution in [1.29, 1.82) is 0 Å². The first-order valence-electron chi connectivity index (χ1n) is 6.01. The van der Waals surface area contributed by atoms with Crippen molar-refractivity contribution in [1.82, 2.24) is 0 Å². The second-order valence-corrected chi connectivity index (χ2v) is 5.38. The van der Waals surface area contributed by atoms with Crippen molar-refractivity contribution in [3.63, 3.8) is 0 Å². The monoisotopic (exact) mass is 294 g/mol. The molecule has 0 aliphatic heterocycles. The van der Waals surface area contributed by atoms with Crippen LogP contribution in [-0.2, 0) is 6.54 Å². The molecule has 0 fully saturated rings. The molecule has 2 aromatic rings. The minimum Gasteiger partial charge on any atom is -0.381 e. The van der Waals surface area contributed by atoms with Gasteiger partial charge in [-0.05, 0) is 35.9 Å². The zero-order chi connectivity index (χ0) is 13.8. The lowest BCUT2D eigenvalue weighted by Crippen LogP contribution is -2.09. The SMILES string of the molecule is CN(C)c1cccc(NCc2ccc(Cl)cc2Cl)c1. The zero-order valence-corrected chi connectivity index (χ0v) is 12.5. The molecule has 0 spiro atoms. The highest BCUT2D eigenvalue weighted by Crippen LogP contribution is 2.23. The first kappa shape index (κ1) is 14.0. The van der Waals surface area contributed by atoms with E-state index in [0.29, 0.717) is 16.6 Å². The third-order valence-corrected chi connectivity index (χ3v) is 3.45. The minimum absolute atomic E-state index is 0.656. The van der Waals surface area contributed by atoms with E-state index < -0.39 is 0 Å². The predicted octanol–water partition coefficient (Wildman–Crippen LogP) is 4.67. The van der Waals surface area contributed by atoms with E-state index in [4.69, 9.17) is 23.2 Å². The molecule has 0 aromatic heterocycles. The van der Waals surface area contributed by atoms with E-state index in [2.05, 4.69) is 22.3 Å². The molecule has 0 radical (unpaired) electrons. The Bertz CT molecular complexity index is 568. The smallest absolute Gasteiger partial charge is 0.0470 e. The molecule has 100 valence electrons. The molecule has 0 amide bonds. The Morgan fingerprint density at radius 3 is 2.53 bits per heavy atom. The maximum Gasteiger partial charge on any atom is 0.0470 e. The van der Waals surface area contributed by atoms with Gasteiger partial charge in [-0.25, -0.2) is 0 Å². The van der Waals surface area contributed by atoms with Crippen molar-refractivity contribution < 1.29 is 0 Å². The van der Waals surface area contributed by atoms with Crippen LogP contribution in [0.25, 0.3) is 0 Å². The molecular weight excluding hydrogens is 279 g/mol. The Balaban J connectivity index is 2.08. The number of hydrogen-bond acceptors (Lipinski definition) is 2. The van der Waals surface area contributed by atoms with Crippen LogP contribution < -0.4 is 10.2 Å². The third-order valence-electron chi connectivity index (χ3n) is 2.86. The Hall–Kier alpha value is -1.38. The van der Waals surface area contributed by atoms with Crippen LogP contribution in [0.3, 0.4) is 0 Å². The summed E-state index contributed by atoms with van der Waals surface area (Å²) in [5.41, 5.74) is 3.26. The molecule has 1 N–H and O–H groups in total. The van der Waals surface area contributed by atoms with Gasteiger partial charge >= 0.3 is 0 Å². The zero-order valence-electron chi connectivity index (χ0n) is 11.0. The fourth-order valence-electron chi connectivity index (χ4n) is 1.76. The second-order valence-electron chi connectivity index (χ2n) is 4.53. The summed E-state index contributed by atoms with van der Waals surface area (Å²) in [6.45, 7) is 0.673. The van der Waals surface area contributed by atoms with E-state index >= 15 is 0 Å². The molecular formula is C15H16Cl2N2. The molecule has 19 heavy (non-hydrogen) atoms. The van der Waals surface area contributed by atoms with Gasteiger partial charge < -0.3 is 10.2 Å². The molecule has 0 aliphatic carbocycles. The maximum atomic E-state index is 6.14. The lowest BCUT2D eigenvalue weighted by Gasteiger charge is -2.14. The lowest BCUT2D eigenvalue weighted by atomic mass is 10.2. The molecule has 0 unspecified atom stereocenters. The van der Waals surface area contributed by atoms with E-state index in [0.717, 1.165) is 16.9 Å². The summed E-state index contributed by atoms with van der Waals surface area (Å²) in [6, 6.07) is 13.8. The predicted molar refractivity (Wildman–Crippen MR) is 84.6 cm³/mol. The molecule has 0 saturated carbocycles. The highest BCUT2D eigenvalue weighted by molar-refractivity contribution is 6.35. The van der Waals surface area contributed by atoms with Gasteiger partial charge in [-0.3, -0.25) is 0 Å². The number of nitrogens with one attached hydrogen (secondary N) is 1. The van der Waals surface area contributed by atoms with E-state index in [1.54, 1.807) is 6.07 Å². The van der Waals surface area contributed by atoms with Crippen LogP contribution in [0.5, 0.6) is 0 Å². The maximum absolute atomic E-state index is 6.14. The summed E-state index contributed by atoms with van der Waals surface area (Å²) < 4.78 is 0. The summed E-state index contributed by atoms with van der Waals surface area (Å²) in [5.74, 6) is 0. The Morgan fingerprint density at radius 2 is 1.84 bits per heavy atom. The third kappa shape index (κ3) is 3.79. The molecule has 4 heteroatoms. The van der Waals surface area contributed by atoms with Crippen LogP contribution >= 0.6 is 23.2 Å². The Kier molecular flexibility index (Phi) is 4.56. The number of benzene rings is 2. The molecule has 2 aromatic carbocycles. The van der Waals surface area contributed by atoms with Gasteiger partial charge in [-0.1, -0.05) is 35.3 Å². The van der Waals surface area contributed by atoms with Crippen LogP contribution in [0.2, 0.25) is 10.0 Å². The number of anilines is 2. The van der Waals surface area contributed by atoms with Gasteiger partial charge in [0.1, 0.15) is 0 Å². The van der Waals surface area contributed by atoms with Gasteiger partial charge in [0.05, 0.1) is 0 Å². The number of rotatable bonds is 4. The van der Waals surface area contributed by atoms with Gasteiger partial charge in [0, 0.05) is 42.1 Å². The van der Waals surface area contributed by atoms with E-state index in [1.165, 1.54) is 0 Å². The van der Waals surface area contributed by atoms with E-state index in [1.807, 2.05) is 38.4 Å². The van der Waals surface area contributed by atoms with E-state index in [9.17, 15) is 0 Å². The summed E-state index contributed by atoms with van der Waals surface area (Å²) >= 11 is 12.0. The highest BCUT2D eigenvalue weighted by Gasteiger charge is 2.02. The topological polar surface area (TPSA) is 15.3 Å². The Morgan fingerprint density at radius 1 is 1.05 bits per heavy atom.